The molecule has 1 rings (SSSR count). The van der Waals surface area contributed by atoms with Crippen LogP contribution in [0.15, 0.2) is 0 Å². The van der Waals surface area contributed by atoms with Gasteiger partial charge in [0.15, 0.2) is 0 Å². The number of hydrogen-bond donors (Lipinski definition) is 2. The van der Waals surface area contributed by atoms with Crippen molar-refractivity contribution in [3.8, 4) is 6.07 Å². The van der Waals surface area contributed by atoms with Gasteiger partial charge in [-0.3, -0.25) is 9.59 Å². The Hall–Kier alpha value is -1.57. The van der Waals surface area contributed by atoms with Crippen molar-refractivity contribution in [2.75, 3.05) is 6.54 Å². The molecule has 0 unspecified atom stereocenters. The highest BCUT2D eigenvalue weighted by Crippen LogP contribution is 2.31. The number of carbonyl (C=O) groups excluding carboxylic acids is 2. The molecule has 21 heavy (non-hydrogen) atoms. The molecule has 2 amide bonds. The van der Waals surface area contributed by atoms with E-state index >= 15 is 0 Å². The molecule has 1 fully saturated rings. The molecule has 1 aliphatic rings. The number of amides is 2. The molecule has 0 aromatic rings. The highest BCUT2D eigenvalue weighted by Gasteiger charge is 2.36. The lowest BCUT2D eigenvalue weighted by molar-refractivity contribution is -0.127. The SMILES string of the molecule is CC(C)CCC(=O)NCC(=O)N[C@@]1(C#N)CCC[C@@H](C)C1. The summed E-state index contributed by atoms with van der Waals surface area (Å²) in [6, 6.07) is 2.26. The second-order valence-corrected chi connectivity index (χ2v) is 6.65. The number of carbonyl (C=O) groups is 2. The summed E-state index contributed by atoms with van der Waals surface area (Å²) in [5.41, 5.74) is -0.753. The zero-order valence-electron chi connectivity index (χ0n) is 13.4. The third kappa shape index (κ3) is 6.16. The van der Waals surface area contributed by atoms with Crippen molar-refractivity contribution < 1.29 is 9.59 Å². The van der Waals surface area contributed by atoms with Gasteiger partial charge in [-0.2, -0.15) is 5.26 Å². The highest BCUT2D eigenvalue weighted by molar-refractivity contribution is 5.85. The first-order valence-electron chi connectivity index (χ1n) is 7.86. The lowest BCUT2D eigenvalue weighted by Gasteiger charge is -2.35. The van der Waals surface area contributed by atoms with Crippen LogP contribution in [-0.2, 0) is 9.59 Å². The average molecular weight is 293 g/mol. The van der Waals surface area contributed by atoms with Crippen molar-refractivity contribution in [2.45, 2.75) is 64.8 Å². The molecule has 2 N–H and O–H groups in total. The summed E-state index contributed by atoms with van der Waals surface area (Å²) in [5, 5.41) is 14.8. The Labute approximate surface area is 127 Å². The first-order chi connectivity index (χ1) is 9.87. The lowest BCUT2D eigenvalue weighted by atomic mass is 9.77. The molecule has 0 bridgehead atoms. The Morgan fingerprint density at radius 3 is 2.67 bits per heavy atom. The lowest BCUT2D eigenvalue weighted by Crippen LogP contribution is -2.52. The number of nitriles is 1. The number of nitrogens with one attached hydrogen (secondary N) is 2. The van der Waals surface area contributed by atoms with Gasteiger partial charge in [-0.05, 0) is 37.5 Å². The van der Waals surface area contributed by atoms with Crippen LogP contribution in [0.1, 0.15) is 59.3 Å². The Morgan fingerprint density at radius 1 is 1.38 bits per heavy atom. The van der Waals surface area contributed by atoms with Crippen molar-refractivity contribution in [3.05, 3.63) is 0 Å². The van der Waals surface area contributed by atoms with Crippen LogP contribution in [0.3, 0.4) is 0 Å². The number of nitrogens with zero attached hydrogens (tertiary/aromatic N) is 1. The van der Waals surface area contributed by atoms with Crippen molar-refractivity contribution in [3.63, 3.8) is 0 Å². The van der Waals surface area contributed by atoms with E-state index in [1.165, 1.54) is 0 Å². The van der Waals surface area contributed by atoms with Crippen LogP contribution < -0.4 is 10.6 Å². The van der Waals surface area contributed by atoms with E-state index in [4.69, 9.17) is 0 Å². The van der Waals surface area contributed by atoms with Gasteiger partial charge in [-0.15, -0.1) is 0 Å². The van der Waals surface area contributed by atoms with Gasteiger partial charge in [0.25, 0.3) is 0 Å². The highest BCUT2D eigenvalue weighted by atomic mass is 16.2. The molecule has 0 heterocycles. The van der Waals surface area contributed by atoms with Crippen LogP contribution in [0, 0.1) is 23.2 Å². The quantitative estimate of drug-likeness (QED) is 0.787. The van der Waals surface area contributed by atoms with Crippen LogP contribution >= 0.6 is 0 Å². The van der Waals surface area contributed by atoms with E-state index in [1.807, 2.05) is 0 Å². The molecule has 1 aliphatic carbocycles. The fourth-order valence-corrected chi connectivity index (χ4v) is 2.79. The van der Waals surface area contributed by atoms with Crippen LogP contribution in [0.2, 0.25) is 0 Å². The Morgan fingerprint density at radius 2 is 2.10 bits per heavy atom. The molecule has 0 aromatic heterocycles. The molecule has 0 spiro atoms. The summed E-state index contributed by atoms with van der Waals surface area (Å²) < 4.78 is 0. The predicted octanol–water partition coefficient (Wildman–Crippen LogP) is 2.13. The summed E-state index contributed by atoms with van der Waals surface area (Å²) in [6.07, 6.45) is 4.69. The van der Waals surface area contributed by atoms with Gasteiger partial charge in [0.2, 0.25) is 11.8 Å². The van der Waals surface area contributed by atoms with Gasteiger partial charge >= 0.3 is 0 Å². The van der Waals surface area contributed by atoms with Gasteiger partial charge in [0.05, 0.1) is 12.6 Å². The summed E-state index contributed by atoms with van der Waals surface area (Å²) in [4.78, 5) is 23.5. The van der Waals surface area contributed by atoms with E-state index in [2.05, 4.69) is 37.5 Å². The minimum Gasteiger partial charge on any atom is -0.347 e. The molecule has 0 radical (unpaired) electrons. The molecular weight excluding hydrogens is 266 g/mol. The van der Waals surface area contributed by atoms with Gasteiger partial charge < -0.3 is 10.6 Å². The van der Waals surface area contributed by atoms with E-state index in [0.717, 1.165) is 19.3 Å². The fraction of sp³-hybridized carbons (Fsp3) is 0.812. The number of rotatable bonds is 6. The molecule has 2 atom stereocenters. The van der Waals surface area contributed by atoms with E-state index in [0.29, 0.717) is 31.1 Å². The average Bonchev–Trinajstić information content (AvgIpc) is 2.43. The third-order valence-corrected chi connectivity index (χ3v) is 3.98. The zero-order valence-corrected chi connectivity index (χ0v) is 13.4. The maximum Gasteiger partial charge on any atom is 0.240 e. The van der Waals surface area contributed by atoms with Crippen molar-refractivity contribution in [2.24, 2.45) is 11.8 Å². The van der Waals surface area contributed by atoms with E-state index < -0.39 is 5.54 Å². The van der Waals surface area contributed by atoms with E-state index in [1.54, 1.807) is 0 Å². The molecule has 5 heteroatoms. The Balaban J connectivity index is 2.38. The molecule has 1 saturated carbocycles. The maximum atomic E-state index is 11.9. The molecular formula is C16H27N3O2. The topological polar surface area (TPSA) is 82.0 Å². The van der Waals surface area contributed by atoms with Gasteiger partial charge in [-0.25, -0.2) is 0 Å². The minimum absolute atomic E-state index is 0.0469. The van der Waals surface area contributed by atoms with Gasteiger partial charge in [-0.1, -0.05) is 27.2 Å². The Bertz CT molecular complexity index is 414. The van der Waals surface area contributed by atoms with Crippen LogP contribution in [0.4, 0.5) is 0 Å². The van der Waals surface area contributed by atoms with Crippen LogP contribution in [0.25, 0.3) is 0 Å². The monoisotopic (exact) mass is 293 g/mol. The smallest absolute Gasteiger partial charge is 0.240 e. The van der Waals surface area contributed by atoms with Gasteiger partial charge in [0.1, 0.15) is 5.54 Å². The Kier molecular flexibility index (Phi) is 6.67. The molecule has 0 aromatic carbocycles. The summed E-state index contributed by atoms with van der Waals surface area (Å²) in [5.74, 6) is 0.528. The summed E-state index contributed by atoms with van der Waals surface area (Å²) in [7, 11) is 0. The van der Waals surface area contributed by atoms with Crippen LogP contribution in [-0.4, -0.2) is 23.9 Å². The van der Waals surface area contributed by atoms with Crippen molar-refractivity contribution in [1.82, 2.24) is 10.6 Å². The maximum absolute atomic E-state index is 11.9. The summed E-state index contributed by atoms with van der Waals surface area (Å²) >= 11 is 0. The van der Waals surface area contributed by atoms with Crippen LogP contribution in [0.5, 0.6) is 0 Å². The molecule has 0 saturated heterocycles. The summed E-state index contributed by atoms with van der Waals surface area (Å²) in [6.45, 7) is 6.17. The van der Waals surface area contributed by atoms with E-state index in [9.17, 15) is 14.9 Å². The zero-order chi connectivity index (χ0) is 15.9. The predicted molar refractivity (Wildman–Crippen MR) is 81.2 cm³/mol. The fourth-order valence-electron chi connectivity index (χ4n) is 2.79. The second-order valence-electron chi connectivity index (χ2n) is 6.65. The molecule has 5 nitrogen and oxygen atoms in total. The standard InChI is InChI=1S/C16H27N3O2/c1-12(2)6-7-14(20)18-10-15(21)19-16(11-17)8-4-5-13(3)9-16/h12-13H,4-10H2,1-3H3,(H,18,20)(H,19,21)/t13-,16+/m1/s1. The molecule has 0 aliphatic heterocycles. The van der Waals surface area contributed by atoms with E-state index in [-0.39, 0.29) is 18.4 Å². The number of hydrogen-bond acceptors (Lipinski definition) is 3. The first kappa shape index (κ1) is 17.5. The first-order valence-corrected chi connectivity index (χ1v) is 7.86. The van der Waals surface area contributed by atoms with Crippen molar-refractivity contribution >= 4 is 11.8 Å². The van der Waals surface area contributed by atoms with Crippen molar-refractivity contribution in [1.29, 1.82) is 5.26 Å². The molecule has 118 valence electrons. The third-order valence-electron chi connectivity index (χ3n) is 3.98. The minimum atomic E-state index is -0.753. The van der Waals surface area contributed by atoms with Gasteiger partial charge in [0, 0.05) is 6.42 Å². The normalized spacial score (nSPS) is 25.2. The second kappa shape index (κ2) is 8.02. The largest absolute Gasteiger partial charge is 0.347 e.